The molecule has 0 spiro atoms. The molecule has 132 valence electrons. The van der Waals surface area contributed by atoms with Gasteiger partial charge in [-0.15, -0.1) is 0 Å². The van der Waals surface area contributed by atoms with Crippen molar-refractivity contribution in [2.24, 2.45) is 5.11 Å². The Balaban J connectivity index is 2.07. The van der Waals surface area contributed by atoms with E-state index in [-0.39, 0.29) is 0 Å². The molecule has 1 fully saturated rings. The Morgan fingerprint density at radius 1 is 1.12 bits per heavy atom. The fourth-order valence-electron chi connectivity index (χ4n) is 2.66. The fraction of sp³-hybridized carbons (Fsp3) is 0.625. The SMILES string of the molecule is CC1(C)N(O)C(c2ccc(OCCCN=[N+]=[N-])cc2)N(O)C1(C)C. The van der Waals surface area contributed by atoms with E-state index in [1.807, 2.05) is 39.8 Å². The van der Waals surface area contributed by atoms with Crippen LogP contribution in [0.2, 0.25) is 0 Å². The highest BCUT2D eigenvalue weighted by atomic mass is 16.6. The lowest BCUT2D eigenvalue weighted by Crippen LogP contribution is -2.52. The molecule has 24 heavy (non-hydrogen) atoms. The van der Waals surface area contributed by atoms with Gasteiger partial charge < -0.3 is 15.2 Å². The molecule has 0 radical (unpaired) electrons. The van der Waals surface area contributed by atoms with Gasteiger partial charge in [-0.3, -0.25) is 0 Å². The van der Waals surface area contributed by atoms with Gasteiger partial charge in [0, 0.05) is 11.5 Å². The normalized spacial score (nSPS) is 20.8. The highest BCUT2D eigenvalue weighted by Gasteiger charge is 2.58. The summed E-state index contributed by atoms with van der Waals surface area (Å²) in [5, 5.41) is 26.9. The molecule has 1 aromatic carbocycles. The minimum atomic E-state index is -0.644. The van der Waals surface area contributed by atoms with Crippen molar-refractivity contribution in [1.29, 1.82) is 0 Å². The molecular formula is C16H25N5O3. The molecule has 0 saturated carbocycles. The average molecular weight is 335 g/mol. The molecule has 0 amide bonds. The van der Waals surface area contributed by atoms with Gasteiger partial charge in [0.15, 0.2) is 0 Å². The number of azide groups is 1. The Morgan fingerprint density at radius 3 is 2.17 bits per heavy atom. The molecule has 2 N–H and O–H groups in total. The van der Waals surface area contributed by atoms with E-state index in [0.29, 0.717) is 25.3 Å². The Labute approximate surface area is 141 Å². The Kier molecular flexibility index (Phi) is 5.37. The predicted molar refractivity (Wildman–Crippen MR) is 88.7 cm³/mol. The Morgan fingerprint density at radius 2 is 1.67 bits per heavy atom. The van der Waals surface area contributed by atoms with Crippen LogP contribution in [0.5, 0.6) is 5.75 Å². The average Bonchev–Trinajstić information content (AvgIpc) is 2.66. The van der Waals surface area contributed by atoms with Gasteiger partial charge in [-0.2, -0.15) is 10.1 Å². The lowest BCUT2D eigenvalue weighted by molar-refractivity contribution is -0.223. The summed E-state index contributed by atoms with van der Waals surface area (Å²) in [5.74, 6) is 0.685. The van der Waals surface area contributed by atoms with Gasteiger partial charge >= 0.3 is 0 Å². The summed E-state index contributed by atoms with van der Waals surface area (Å²) in [7, 11) is 0. The second kappa shape index (κ2) is 6.96. The minimum absolute atomic E-state index is 0.403. The quantitative estimate of drug-likeness (QED) is 0.357. The third kappa shape index (κ3) is 3.19. The van der Waals surface area contributed by atoms with Crippen LogP contribution in [0.1, 0.15) is 45.8 Å². The van der Waals surface area contributed by atoms with Crippen LogP contribution in [-0.2, 0) is 0 Å². The van der Waals surface area contributed by atoms with Crippen molar-refractivity contribution >= 4 is 0 Å². The highest BCUT2D eigenvalue weighted by Crippen LogP contribution is 2.47. The molecule has 0 aliphatic carbocycles. The number of hydrogen-bond donors (Lipinski definition) is 2. The molecule has 0 atom stereocenters. The maximum absolute atomic E-state index is 10.5. The largest absolute Gasteiger partial charge is 0.494 e. The van der Waals surface area contributed by atoms with Crippen molar-refractivity contribution in [2.75, 3.05) is 13.2 Å². The molecule has 1 aliphatic heterocycles. The zero-order chi connectivity index (χ0) is 18.0. The van der Waals surface area contributed by atoms with Crippen LogP contribution in [0.15, 0.2) is 29.4 Å². The number of benzene rings is 1. The van der Waals surface area contributed by atoms with Crippen LogP contribution >= 0.6 is 0 Å². The molecular weight excluding hydrogens is 310 g/mol. The lowest BCUT2D eigenvalue weighted by atomic mass is 9.84. The maximum Gasteiger partial charge on any atom is 0.136 e. The van der Waals surface area contributed by atoms with Gasteiger partial charge in [-0.25, -0.2) is 0 Å². The van der Waals surface area contributed by atoms with Crippen LogP contribution in [0.4, 0.5) is 0 Å². The van der Waals surface area contributed by atoms with Gasteiger partial charge in [0.2, 0.25) is 0 Å². The van der Waals surface area contributed by atoms with Crippen LogP contribution in [-0.4, -0.2) is 44.8 Å². The van der Waals surface area contributed by atoms with Crippen LogP contribution in [0.25, 0.3) is 10.4 Å². The van der Waals surface area contributed by atoms with Crippen molar-refractivity contribution in [1.82, 2.24) is 10.1 Å². The van der Waals surface area contributed by atoms with Crippen LogP contribution in [0.3, 0.4) is 0 Å². The van der Waals surface area contributed by atoms with Gasteiger partial charge in [0.25, 0.3) is 0 Å². The summed E-state index contributed by atoms with van der Waals surface area (Å²) >= 11 is 0. The van der Waals surface area contributed by atoms with E-state index in [2.05, 4.69) is 10.0 Å². The minimum Gasteiger partial charge on any atom is -0.494 e. The molecule has 1 aliphatic rings. The van der Waals surface area contributed by atoms with E-state index in [9.17, 15) is 10.4 Å². The lowest BCUT2D eigenvalue weighted by Gasteiger charge is -2.37. The molecule has 8 heteroatoms. The zero-order valence-corrected chi connectivity index (χ0v) is 14.5. The summed E-state index contributed by atoms with van der Waals surface area (Å²) in [6.45, 7) is 8.41. The van der Waals surface area contributed by atoms with Crippen molar-refractivity contribution in [3.63, 3.8) is 0 Å². The summed E-state index contributed by atoms with van der Waals surface area (Å²) in [6.07, 6.45) is 0.0000650. The summed E-state index contributed by atoms with van der Waals surface area (Å²) in [4.78, 5) is 2.69. The van der Waals surface area contributed by atoms with Gasteiger partial charge in [-0.1, -0.05) is 17.2 Å². The van der Waals surface area contributed by atoms with E-state index < -0.39 is 17.2 Å². The summed E-state index contributed by atoms with van der Waals surface area (Å²) < 4.78 is 5.57. The van der Waals surface area contributed by atoms with Gasteiger partial charge in [0.05, 0.1) is 17.7 Å². The number of rotatable bonds is 6. The molecule has 1 aromatic rings. The van der Waals surface area contributed by atoms with Gasteiger partial charge in [-0.05, 0) is 57.3 Å². The first kappa shape index (κ1) is 18.5. The number of hydroxylamine groups is 4. The fourth-order valence-corrected chi connectivity index (χ4v) is 2.66. The maximum atomic E-state index is 10.5. The topological polar surface area (TPSA) is 105 Å². The first-order valence-corrected chi connectivity index (χ1v) is 7.93. The zero-order valence-electron chi connectivity index (χ0n) is 14.5. The van der Waals surface area contributed by atoms with Crippen LogP contribution < -0.4 is 4.74 Å². The Bertz CT molecular complexity index is 591. The van der Waals surface area contributed by atoms with Crippen molar-refractivity contribution in [2.45, 2.75) is 51.4 Å². The second-order valence-corrected chi connectivity index (χ2v) is 6.91. The third-order valence-corrected chi connectivity index (χ3v) is 5.02. The van der Waals surface area contributed by atoms with Gasteiger partial charge in [0.1, 0.15) is 11.9 Å². The van der Waals surface area contributed by atoms with Crippen molar-refractivity contribution < 1.29 is 15.2 Å². The third-order valence-electron chi connectivity index (χ3n) is 5.02. The first-order chi connectivity index (χ1) is 11.2. The monoisotopic (exact) mass is 335 g/mol. The molecule has 1 saturated heterocycles. The number of nitrogens with zero attached hydrogens (tertiary/aromatic N) is 5. The molecule has 1 heterocycles. The molecule has 2 rings (SSSR count). The van der Waals surface area contributed by atoms with E-state index in [0.717, 1.165) is 5.56 Å². The molecule has 0 unspecified atom stereocenters. The van der Waals surface area contributed by atoms with Crippen LogP contribution in [0, 0.1) is 0 Å². The number of ether oxygens (including phenoxy) is 1. The Hall–Kier alpha value is -1.83. The van der Waals surface area contributed by atoms with Crippen molar-refractivity contribution in [3.05, 3.63) is 40.3 Å². The van der Waals surface area contributed by atoms with E-state index in [1.165, 1.54) is 10.1 Å². The summed E-state index contributed by atoms with van der Waals surface area (Å²) in [6, 6.07) is 7.22. The predicted octanol–water partition coefficient (Wildman–Crippen LogP) is 3.72. The first-order valence-electron chi connectivity index (χ1n) is 7.93. The highest BCUT2D eigenvalue weighted by molar-refractivity contribution is 5.30. The standard InChI is InChI=1S/C16H25N5O3/c1-15(2)16(3,4)21(23)14(20(15)22)12-6-8-13(9-7-12)24-11-5-10-18-19-17/h6-9,14,22-23H,5,10-11H2,1-4H3. The van der Waals surface area contributed by atoms with E-state index in [4.69, 9.17) is 10.3 Å². The smallest absolute Gasteiger partial charge is 0.136 e. The molecule has 0 bridgehead atoms. The summed E-state index contributed by atoms with van der Waals surface area (Å²) in [5.41, 5.74) is 7.72. The van der Waals surface area contributed by atoms with E-state index >= 15 is 0 Å². The van der Waals surface area contributed by atoms with E-state index in [1.54, 1.807) is 12.1 Å². The molecule has 8 nitrogen and oxygen atoms in total. The molecule has 0 aromatic heterocycles. The number of hydrogen-bond acceptors (Lipinski definition) is 6. The second-order valence-electron chi connectivity index (χ2n) is 6.91. The van der Waals surface area contributed by atoms with Crippen molar-refractivity contribution in [3.8, 4) is 5.75 Å².